The van der Waals surface area contributed by atoms with Crippen LogP contribution in [0, 0.1) is 0 Å². The van der Waals surface area contributed by atoms with E-state index in [1.165, 1.54) is 0 Å². The molecular weight excluding hydrogens is 358 g/mol. The summed E-state index contributed by atoms with van der Waals surface area (Å²) in [6.07, 6.45) is 2.18. The monoisotopic (exact) mass is 377 g/mol. The fraction of sp³-hybridized carbons (Fsp3) is 0.333. The third-order valence-electron chi connectivity index (χ3n) is 4.00. The van der Waals surface area contributed by atoms with Crippen molar-refractivity contribution in [3.05, 3.63) is 52.9 Å². The summed E-state index contributed by atoms with van der Waals surface area (Å²) in [6.45, 7) is 2.59. The zero-order chi connectivity index (χ0) is 18.4. The number of hydrogen-bond acceptors (Lipinski definition) is 4. The van der Waals surface area contributed by atoms with Crippen LogP contribution in [-0.2, 0) is 11.2 Å². The molecule has 2 aromatic rings. The maximum absolute atomic E-state index is 12.5. The van der Waals surface area contributed by atoms with Crippen LogP contribution < -0.4 is 10.6 Å². The van der Waals surface area contributed by atoms with E-state index in [-0.39, 0.29) is 5.91 Å². The molecule has 1 aromatic carbocycles. The average molecular weight is 378 g/mol. The summed E-state index contributed by atoms with van der Waals surface area (Å²) < 4.78 is 10.5. The Balaban J connectivity index is 1.58. The van der Waals surface area contributed by atoms with Crippen LogP contribution in [0.1, 0.15) is 16.1 Å². The van der Waals surface area contributed by atoms with E-state index in [1.807, 2.05) is 6.07 Å². The highest BCUT2D eigenvalue weighted by Crippen LogP contribution is 2.24. The minimum atomic E-state index is -0.394. The molecule has 8 heteroatoms. The van der Waals surface area contributed by atoms with Gasteiger partial charge in [-0.25, -0.2) is 4.79 Å². The minimum absolute atomic E-state index is 0.105. The Morgan fingerprint density at radius 3 is 2.73 bits per heavy atom. The Morgan fingerprint density at radius 1 is 1.19 bits per heavy atom. The van der Waals surface area contributed by atoms with Gasteiger partial charge in [0.25, 0.3) is 5.91 Å². The third kappa shape index (κ3) is 4.77. The topological polar surface area (TPSA) is 83.8 Å². The molecule has 26 heavy (non-hydrogen) atoms. The first-order chi connectivity index (χ1) is 12.6. The Morgan fingerprint density at radius 2 is 2.00 bits per heavy atom. The lowest BCUT2D eigenvalue weighted by atomic mass is 10.1. The molecule has 2 N–H and O–H groups in total. The first-order valence-corrected chi connectivity index (χ1v) is 8.75. The average Bonchev–Trinajstić information content (AvgIpc) is 3.17. The predicted molar refractivity (Wildman–Crippen MR) is 97.6 cm³/mol. The fourth-order valence-electron chi connectivity index (χ4n) is 2.62. The van der Waals surface area contributed by atoms with E-state index in [4.69, 9.17) is 20.8 Å². The number of urea groups is 1. The van der Waals surface area contributed by atoms with E-state index in [0.717, 1.165) is 5.76 Å². The fourth-order valence-corrected chi connectivity index (χ4v) is 2.79. The lowest BCUT2D eigenvalue weighted by Gasteiger charge is -2.27. The molecule has 0 atom stereocenters. The van der Waals surface area contributed by atoms with E-state index in [0.29, 0.717) is 55.5 Å². The maximum Gasteiger partial charge on any atom is 0.319 e. The van der Waals surface area contributed by atoms with E-state index < -0.39 is 6.03 Å². The van der Waals surface area contributed by atoms with Crippen LogP contribution >= 0.6 is 11.6 Å². The van der Waals surface area contributed by atoms with Crippen molar-refractivity contribution in [2.45, 2.75) is 6.42 Å². The molecule has 7 nitrogen and oxygen atoms in total. The number of benzene rings is 1. The van der Waals surface area contributed by atoms with Gasteiger partial charge in [-0.1, -0.05) is 11.6 Å². The van der Waals surface area contributed by atoms with Crippen molar-refractivity contribution >= 4 is 29.2 Å². The number of carbonyl (C=O) groups is 2. The molecule has 1 aliphatic heterocycles. The number of nitrogens with one attached hydrogen (secondary N) is 2. The number of anilines is 1. The second-order valence-electron chi connectivity index (χ2n) is 5.81. The smallest absolute Gasteiger partial charge is 0.319 e. The lowest BCUT2D eigenvalue weighted by molar-refractivity contribution is 0.0303. The number of amides is 3. The van der Waals surface area contributed by atoms with Crippen molar-refractivity contribution in [1.82, 2.24) is 10.2 Å². The highest BCUT2D eigenvalue weighted by Gasteiger charge is 2.19. The Kier molecular flexibility index (Phi) is 6.14. The van der Waals surface area contributed by atoms with Gasteiger partial charge < -0.3 is 24.7 Å². The van der Waals surface area contributed by atoms with E-state index in [1.54, 1.807) is 35.4 Å². The van der Waals surface area contributed by atoms with Gasteiger partial charge in [0.2, 0.25) is 0 Å². The maximum atomic E-state index is 12.5. The molecule has 0 bridgehead atoms. The van der Waals surface area contributed by atoms with Gasteiger partial charge in [-0.2, -0.15) is 0 Å². The molecule has 1 aromatic heterocycles. The zero-order valence-electron chi connectivity index (χ0n) is 14.2. The van der Waals surface area contributed by atoms with Crippen LogP contribution in [-0.4, -0.2) is 49.7 Å². The van der Waals surface area contributed by atoms with Crippen molar-refractivity contribution in [3.8, 4) is 0 Å². The summed E-state index contributed by atoms with van der Waals surface area (Å²) >= 11 is 6.14. The molecule has 1 saturated heterocycles. The van der Waals surface area contributed by atoms with Crippen molar-refractivity contribution in [2.75, 3.05) is 38.2 Å². The van der Waals surface area contributed by atoms with Gasteiger partial charge in [0, 0.05) is 31.6 Å². The molecule has 138 valence electrons. The second kappa shape index (κ2) is 8.73. The molecule has 1 fully saturated rings. The van der Waals surface area contributed by atoms with Gasteiger partial charge >= 0.3 is 6.03 Å². The number of rotatable bonds is 5. The number of furan rings is 1. The predicted octanol–water partition coefficient (Wildman–Crippen LogP) is 2.77. The van der Waals surface area contributed by atoms with Crippen molar-refractivity contribution in [2.24, 2.45) is 0 Å². The summed E-state index contributed by atoms with van der Waals surface area (Å²) in [5, 5.41) is 5.77. The van der Waals surface area contributed by atoms with Crippen LogP contribution in [0.25, 0.3) is 0 Å². The van der Waals surface area contributed by atoms with Crippen LogP contribution in [0.4, 0.5) is 10.5 Å². The van der Waals surface area contributed by atoms with Gasteiger partial charge in [-0.3, -0.25) is 4.79 Å². The van der Waals surface area contributed by atoms with E-state index in [2.05, 4.69) is 10.6 Å². The molecule has 3 rings (SSSR count). The molecule has 2 heterocycles. The molecule has 0 saturated carbocycles. The lowest BCUT2D eigenvalue weighted by Crippen LogP contribution is -2.40. The van der Waals surface area contributed by atoms with Gasteiger partial charge in [0.05, 0.1) is 30.2 Å². The number of ether oxygens (including phenoxy) is 1. The van der Waals surface area contributed by atoms with Crippen LogP contribution in [0.2, 0.25) is 5.02 Å². The SMILES string of the molecule is O=C(NCCc1ccco1)Nc1cc(C(=O)N2CCOCC2)ccc1Cl. The number of carbonyl (C=O) groups excluding carboxylic acids is 2. The molecule has 0 radical (unpaired) electrons. The highest BCUT2D eigenvalue weighted by molar-refractivity contribution is 6.33. The summed E-state index contributed by atoms with van der Waals surface area (Å²) in [6, 6.07) is 8.10. The first-order valence-electron chi connectivity index (χ1n) is 8.37. The van der Waals surface area contributed by atoms with Crippen LogP contribution in [0.3, 0.4) is 0 Å². The Hall–Kier alpha value is -2.51. The molecule has 0 unspecified atom stereocenters. The first kappa shape index (κ1) is 18.3. The standard InChI is InChI=1S/C18H20ClN3O4/c19-15-4-3-13(17(23)22-7-10-25-11-8-22)12-16(15)21-18(24)20-6-5-14-2-1-9-26-14/h1-4,9,12H,5-8,10-11H2,(H2,20,21,24). The van der Waals surface area contributed by atoms with Crippen molar-refractivity contribution in [1.29, 1.82) is 0 Å². The zero-order valence-corrected chi connectivity index (χ0v) is 14.9. The molecule has 3 amide bonds. The summed E-state index contributed by atoms with van der Waals surface area (Å²) in [7, 11) is 0. The van der Waals surface area contributed by atoms with Crippen molar-refractivity contribution < 1.29 is 18.7 Å². The summed E-state index contributed by atoms with van der Waals surface area (Å²) in [5.41, 5.74) is 0.864. The quantitative estimate of drug-likeness (QED) is 0.839. The van der Waals surface area contributed by atoms with Gasteiger partial charge in [0.15, 0.2) is 0 Å². The van der Waals surface area contributed by atoms with Gasteiger partial charge in [-0.15, -0.1) is 0 Å². The molecule has 0 spiro atoms. The van der Waals surface area contributed by atoms with Crippen molar-refractivity contribution in [3.63, 3.8) is 0 Å². The molecule has 0 aliphatic carbocycles. The number of morpholine rings is 1. The van der Waals surface area contributed by atoms with Gasteiger partial charge in [-0.05, 0) is 30.3 Å². The number of nitrogens with zero attached hydrogens (tertiary/aromatic N) is 1. The Labute approximate surface area is 156 Å². The van der Waals surface area contributed by atoms with Gasteiger partial charge in [0.1, 0.15) is 5.76 Å². The second-order valence-corrected chi connectivity index (χ2v) is 6.22. The van der Waals surface area contributed by atoms with E-state index >= 15 is 0 Å². The summed E-state index contributed by atoms with van der Waals surface area (Å²) in [5.74, 6) is 0.688. The molecule has 1 aliphatic rings. The number of halogens is 1. The highest BCUT2D eigenvalue weighted by atomic mass is 35.5. The molecular formula is C18H20ClN3O4. The van der Waals surface area contributed by atoms with E-state index in [9.17, 15) is 9.59 Å². The van der Waals surface area contributed by atoms with Crippen LogP contribution in [0.5, 0.6) is 0 Å². The number of hydrogen-bond donors (Lipinski definition) is 2. The normalized spacial score (nSPS) is 14.1. The summed E-state index contributed by atoms with van der Waals surface area (Å²) in [4.78, 5) is 26.3. The third-order valence-corrected chi connectivity index (χ3v) is 4.33. The minimum Gasteiger partial charge on any atom is -0.469 e. The van der Waals surface area contributed by atoms with Crippen LogP contribution in [0.15, 0.2) is 41.0 Å². The Bertz CT molecular complexity index is 758. The largest absolute Gasteiger partial charge is 0.469 e.